The average Bonchev–Trinajstić information content (AvgIpc) is 3.10. The van der Waals surface area contributed by atoms with Crippen LogP contribution >= 0.6 is 34.7 Å². The fourth-order valence-corrected chi connectivity index (χ4v) is 4.71. The third kappa shape index (κ3) is 5.28. The van der Waals surface area contributed by atoms with E-state index in [0.29, 0.717) is 27.5 Å². The Hall–Kier alpha value is -2.56. The van der Waals surface area contributed by atoms with Crippen LogP contribution in [0.25, 0.3) is 0 Å². The first-order valence-corrected chi connectivity index (χ1v) is 10.6. The van der Waals surface area contributed by atoms with Gasteiger partial charge in [0, 0.05) is 11.3 Å². The molecule has 0 saturated heterocycles. The summed E-state index contributed by atoms with van der Waals surface area (Å²) in [6, 6.07) is 6.22. The van der Waals surface area contributed by atoms with Gasteiger partial charge in [0.25, 0.3) is 5.69 Å². The van der Waals surface area contributed by atoms with E-state index in [4.69, 9.17) is 16.3 Å². The zero-order valence-electron chi connectivity index (χ0n) is 15.8. The van der Waals surface area contributed by atoms with Gasteiger partial charge in [-0.2, -0.15) is 4.98 Å². The molecule has 3 aromatic rings. The first-order valence-electron chi connectivity index (χ1n) is 8.50. The van der Waals surface area contributed by atoms with E-state index in [0.717, 1.165) is 9.90 Å². The van der Waals surface area contributed by atoms with Crippen molar-refractivity contribution in [1.82, 2.24) is 9.97 Å². The number of thioether (sulfide) groups is 1. The number of rotatable bonds is 8. The van der Waals surface area contributed by atoms with E-state index in [2.05, 4.69) is 34.4 Å². The normalized spacial score (nSPS) is 10.8. The lowest BCUT2D eigenvalue weighted by molar-refractivity contribution is -0.384. The number of nitrogens with zero attached hydrogens (tertiary/aromatic N) is 3. The van der Waals surface area contributed by atoms with Crippen molar-refractivity contribution in [2.75, 3.05) is 17.7 Å². The van der Waals surface area contributed by atoms with Gasteiger partial charge in [-0.05, 0) is 17.5 Å². The zero-order valence-corrected chi connectivity index (χ0v) is 18.2. The summed E-state index contributed by atoms with van der Waals surface area (Å²) in [7, 11) is 1.43. The van der Waals surface area contributed by atoms with Crippen LogP contribution in [0, 0.1) is 10.1 Å². The Kier molecular flexibility index (Phi) is 6.78. The van der Waals surface area contributed by atoms with Gasteiger partial charge in [0.2, 0.25) is 5.95 Å². The molecule has 2 aromatic heterocycles. The first kappa shape index (κ1) is 21.2. The lowest BCUT2D eigenvalue weighted by atomic mass is 10.2. The van der Waals surface area contributed by atoms with Crippen LogP contribution < -0.4 is 15.4 Å². The van der Waals surface area contributed by atoms with E-state index in [1.165, 1.54) is 31.5 Å². The second-order valence-electron chi connectivity index (χ2n) is 6.07. The molecular weight excluding hydrogens is 434 g/mol. The molecule has 0 fully saturated rings. The highest BCUT2D eigenvalue weighted by Gasteiger charge is 2.14. The van der Waals surface area contributed by atoms with E-state index < -0.39 is 4.92 Å². The van der Waals surface area contributed by atoms with Crippen molar-refractivity contribution in [1.29, 1.82) is 0 Å². The van der Waals surface area contributed by atoms with E-state index in [1.54, 1.807) is 23.1 Å². The van der Waals surface area contributed by atoms with Crippen molar-refractivity contribution in [2.24, 2.45) is 0 Å². The van der Waals surface area contributed by atoms with Crippen molar-refractivity contribution in [3.05, 3.63) is 51.0 Å². The number of aromatic nitrogens is 2. The summed E-state index contributed by atoms with van der Waals surface area (Å²) in [6.07, 6.45) is 1.48. The molecule has 0 spiro atoms. The number of thiophene rings is 1. The van der Waals surface area contributed by atoms with Gasteiger partial charge in [-0.1, -0.05) is 25.4 Å². The molecule has 0 aliphatic heterocycles. The van der Waals surface area contributed by atoms with Crippen molar-refractivity contribution in [3.63, 3.8) is 0 Å². The molecule has 11 heteroatoms. The van der Waals surface area contributed by atoms with Gasteiger partial charge in [0.15, 0.2) is 5.82 Å². The smallest absolute Gasteiger partial charge is 0.273 e. The molecule has 0 aliphatic carbocycles. The van der Waals surface area contributed by atoms with Crippen LogP contribution in [-0.2, 0) is 0 Å². The SMILES string of the molecule is COc1cc([N+](=O)[O-])ccc1Nc1ncc(Cl)c(Nc2ccsc2SC(C)C)n1. The van der Waals surface area contributed by atoms with Gasteiger partial charge in [-0.3, -0.25) is 10.1 Å². The van der Waals surface area contributed by atoms with Crippen molar-refractivity contribution in [3.8, 4) is 5.75 Å². The van der Waals surface area contributed by atoms with Crippen LogP contribution in [0.3, 0.4) is 0 Å². The third-order valence-corrected chi connectivity index (χ3v) is 6.08. The summed E-state index contributed by atoms with van der Waals surface area (Å²) in [6.45, 7) is 4.26. The van der Waals surface area contributed by atoms with Gasteiger partial charge >= 0.3 is 0 Å². The molecule has 0 atom stereocenters. The Morgan fingerprint density at radius 1 is 1.28 bits per heavy atom. The first-order chi connectivity index (χ1) is 13.9. The van der Waals surface area contributed by atoms with E-state index in [9.17, 15) is 10.1 Å². The Balaban J connectivity index is 1.85. The molecule has 152 valence electrons. The molecule has 1 aromatic carbocycles. The van der Waals surface area contributed by atoms with Crippen molar-refractivity contribution >= 4 is 63.5 Å². The lowest BCUT2D eigenvalue weighted by Gasteiger charge is -2.13. The maximum absolute atomic E-state index is 10.9. The lowest BCUT2D eigenvalue weighted by Crippen LogP contribution is -2.03. The summed E-state index contributed by atoms with van der Waals surface area (Å²) in [4.78, 5) is 19.1. The number of nitro benzene ring substituents is 1. The molecule has 29 heavy (non-hydrogen) atoms. The highest BCUT2D eigenvalue weighted by atomic mass is 35.5. The number of nitro groups is 1. The van der Waals surface area contributed by atoms with E-state index in [1.807, 2.05) is 11.4 Å². The Bertz CT molecular complexity index is 1030. The predicted octanol–water partition coefficient (Wildman–Crippen LogP) is 6.10. The molecule has 3 rings (SSSR count). The minimum absolute atomic E-state index is 0.0700. The van der Waals surface area contributed by atoms with E-state index in [-0.39, 0.29) is 11.6 Å². The molecule has 2 N–H and O–H groups in total. The number of non-ortho nitro benzene ring substituents is 1. The fraction of sp³-hybridized carbons (Fsp3) is 0.222. The summed E-state index contributed by atoms with van der Waals surface area (Å²) >= 11 is 9.67. The van der Waals surface area contributed by atoms with Crippen molar-refractivity contribution < 1.29 is 9.66 Å². The minimum Gasteiger partial charge on any atom is -0.494 e. The molecule has 8 nitrogen and oxygen atoms in total. The molecule has 0 radical (unpaired) electrons. The summed E-state index contributed by atoms with van der Waals surface area (Å²) < 4.78 is 6.37. The Labute approximate surface area is 180 Å². The number of ether oxygens (including phenoxy) is 1. The van der Waals surface area contributed by atoms with Crippen LogP contribution in [-0.4, -0.2) is 27.3 Å². The molecular formula is C18H18ClN5O3S2. The molecule has 0 amide bonds. The quantitative estimate of drug-likeness (QED) is 0.240. The Morgan fingerprint density at radius 3 is 2.76 bits per heavy atom. The van der Waals surface area contributed by atoms with Gasteiger partial charge < -0.3 is 15.4 Å². The highest BCUT2D eigenvalue weighted by molar-refractivity contribution is 8.01. The largest absolute Gasteiger partial charge is 0.494 e. The van der Waals surface area contributed by atoms with Crippen molar-refractivity contribution in [2.45, 2.75) is 23.3 Å². The number of nitrogens with one attached hydrogen (secondary N) is 2. The second kappa shape index (κ2) is 9.29. The zero-order chi connectivity index (χ0) is 21.0. The standard InChI is InChI=1S/C18H18ClN5O3S2/c1-10(2)29-17-14(6-7-28-17)21-16-12(19)9-20-18(23-16)22-13-5-4-11(24(25)26)8-15(13)27-3/h4-10H,1-3H3,(H2,20,21,22,23). The maximum atomic E-state index is 10.9. The van der Waals surface area contributed by atoms with Crippen LogP contribution in [0.5, 0.6) is 5.75 Å². The van der Waals surface area contributed by atoms with E-state index >= 15 is 0 Å². The minimum atomic E-state index is -0.485. The number of hydrogen-bond acceptors (Lipinski definition) is 9. The summed E-state index contributed by atoms with van der Waals surface area (Å²) in [5.74, 6) is 1.03. The second-order valence-corrected chi connectivity index (χ2v) is 9.24. The summed E-state index contributed by atoms with van der Waals surface area (Å²) in [5, 5.41) is 20.0. The molecule has 2 heterocycles. The number of methoxy groups -OCH3 is 1. The molecule has 0 saturated carbocycles. The fourth-order valence-electron chi connectivity index (χ4n) is 2.35. The molecule has 0 unspecified atom stereocenters. The topological polar surface area (TPSA) is 102 Å². The Morgan fingerprint density at radius 2 is 2.07 bits per heavy atom. The van der Waals surface area contributed by atoms with Crippen LogP contribution in [0.4, 0.5) is 28.8 Å². The predicted molar refractivity (Wildman–Crippen MR) is 119 cm³/mol. The average molecular weight is 452 g/mol. The van der Waals surface area contributed by atoms with Crippen LogP contribution in [0.2, 0.25) is 5.02 Å². The monoisotopic (exact) mass is 451 g/mol. The number of benzene rings is 1. The molecule has 0 aliphatic rings. The van der Waals surface area contributed by atoms with Crippen LogP contribution in [0.1, 0.15) is 13.8 Å². The number of hydrogen-bond donors (Lipinski definition) is 2. The van der Waals surface area contributed by atoms with Gasteiger partial charge in [0.1, 0.15) is 10.8 Å². The summed E-state index contributed by atoms with van der Waals surface area (Å²) in [5.41, 5.74) is 1.35. The van der Waals surface area contributed by atoms with Gasteiger partial charge in [0.05, 0.1) is 39.9 Å². The van der Waals surface area contributed by atoms with Gasteiger partial charge in [-0.15, -0.1) is 23.1 Å². The number of halogens is 1. The van der Waals surface area contributed by atoms with Gasteiger partial charge in [-0.25, -0.2) is 4.98 Å². The maximum Gasteiger partial charge on any atom is 0.273 e. The molecule has 0 bridgehead atoms. The highest BCUT2D eigenvalue weighted by Crippen LogP contribution is 2.38. The third-order valence-electron chi connectivity index (χ3n) is 3.61. The number of anilines is 4. The van der Waals surface area contributed by atoms with Crippen LogP contribution in [0.15, 0.2) is 40.1 Å².